The fourth-order valence-corrected chi connectivity index (χ4v) is 1.95. The molecule has 7 nitrogen and oxygen atoms in total. The maximum atomic E-state index is 11.9. The molecule has 1 aromatic rings. The van der Waals surface area contributed by atoms with Crippen LogP contribution in [0.2, 0.25) is 0 Å². The minimum atomic E-state index is -0.407. The molecule has 7 heteroatoms. The fraction of sp³-hybridized carbons (Fsp3) is 0.286. The van der Waals surface area contributed by atoms with E-state index in [1.165, 1.54) is 15.9 Å². The highest BCUT2D eigenvalue weighted by molar-refractivity contribution is 5.98. The molecule has 1 aliphatic heterocycles. The zero-order valence-electron chi connectivity index (χ0n) is 11.5. The number of piperazine rings is 1. The molecule has 1 fully saturated rings. The molecule has 1 heterocycles. The van der Waals surface area contributed by atoms with Crippen LogP contribution in [0, 0.1) is 11.3 Å². The van der Waals surface area contributed by atoms with Crippen LogP contribution in [0.1, 0.15) is 5.56 Å². The molecule has 1 aliphatic rings. The number of hydrogen-bond donors (Lipinski definition) is 1. The van der Waals surface area contributed by atoms with Crippen molar-refractivity contribution in [1.82, 2.24) is 9.80 Å². The summed E-state index contributed by atoms with van der Waals surface area (Å²) in [5, 5.41) is 11.4. The van der Waals surface area contributed by atoms with E-state index in [2.05, 4.69) is 5.32 Å². The first-order chi connectivity index (χ1) is 9.99. The van der Waals surface area contributed by atoms with E-state index in [1.807, 2.05) is 6.07 Å². The van der Waals surface area contributed by atoms with Crippen molar-refractivity contribution in [3.8, 4) is 6.07 Å². The lowest BCUT2D eigenvalue weighted by Crippen LogP contribution is -2.54. The van der Waals surface area contributed by atoms with Crippen molar-refractivity contribution in [2.75, 3.05) is 32.0 Å². The van der Waals surface area contributed by atoms with Gasteiger partial charge in [0, 0.05) is 12.7 Å². The maximum Gasteiger partial charge on any atom is 0.244 e. The number of amides is 3. The van der Waals surface area contributed by atoms with Crippen molar-refractivity contribution >= 4 is 23.4 Å². The van der Waals surface area contributed by atoms with Crippen LogP contribution in [0.4, 0.5) is 5.69 Å². The highest BCUT2D eigenvalue weighted by Crippen LogP contribution is 2.10. The van der Waals surface area contributed by atoms with Gasteiger partial charge < -0.3 is 15.1 Å². The summed E-state index contributed by atoms with van der Waals surface area (Å²) in [6, 6.07) is 8.43. The van der Waals surface area contributed by atoms with E-state index in [9.17, 15) is 14.4 Å². The smallest absolute Gasteiger partial charge is 0.244 e. The summed E-state index contributed by atoms with van der Waals surface area (Å²) in [6.07, 6.45) is 0. The molecule has 0 bridgehead atoms. The Morgan fingerprint density at radius 1 is 1.33 bits per heavy atom. The van der Waals surface area contributed by atoms with Gasteiger partial charge in [-0.2, -0.15) is 5.26 Å². The lowest BCUT2D eigenvalue weighted by atomic mass is 10.2. The Morgan fingerprint density at radius 3 is 2.81 bits per heavy atom. The molecule has 0 saturated carbocycles. The van der Waals surface area contributed by atoms with E-state index in [4.69, 9.17) is 5.26 Å². The van der Waals surface area contributed by atoms with Crippen molar-refractivity contribution in [1.29, 1.82) is 5.26 Å². The van der Waals surface area contributed by atoms with Crippen molar-refractivity contribution < 1.29 is 14.4 Å². The standard InChI is InChI=1S/C14H14N4O3/c1-17-8-14(21)18(9-13(17)20)7-12(19)16-11-4-2-3-10(5-11)6-15/h2-5H,7-9H2,1H3,(H,16,19). The van der Waals surface area contributed by atoms with Gasteiger partial charge in [-0.25, -0.2) is 0 Å². The summed E-state index contributed by atoms with van der Waals surface area (Å²) in [6.45, 7) is -0.299. The van der Waals surface area contributed by atoms with Crippen LogP contribution in [0.15, 0.2) is 24.3 Å². The van der Waals surface area contributed by atoms with Gasteiger partial charge in [-0.1, -0.05) is 6.07 Å². The molecule has 2 rings (SSSR count). The highest BCUT2D eigenvalue weighted by Gasteiger charge is 2.28. The van der Waals surface area contributed by atoms with Crippen LogP contribution in [-0.2, 0) is 14.4 Å². The summed E-state index contributed by atoms with van der Waals surface area (Å²) in [4.78, 5) is 37.7. The first-order valence-electron chi connectivity index (χ1n) is 6.31. The number of benzene rings is 1. The zero-order chi connectivity index (χ0) is 15.4. The van der Waals surface area contributed by atoms with Crippen molar-refractivity contribution in [2.24, 2.45) is 0 Å². The molecule has 21 heavy (non-hydrogen) atoms. The van der Waals surface area contributed by atoms with Gasteiger partial charge in [-0.05, 0) is 18.2 Å². The second kappa shape index (κ2) is 6.05. The number of nitrogens with zero attached hydrogens (tertiary/aromatic N) is 3. The van der Waals surface area contributed by atoms with E-state index in [0.717, 1.165) is 0 Å². The molecule has 3 amide bonds. The molecule has 0 radical (unpaired) electrons. The largest absolute Gasteiger partial charge is 0.335 e. The van der Waals surface area contributed by atoms with Gasteiger partial charge >= 0.3 is 0 Å². The number of hydrogen-bond acceptors (Lipinski definition) is 4. The monoisotopic (exact) mass is 286 g/mol. The van der Waals surface area contributed by atoms with Crippen LogP contribution in [0.3, 0.4) is 0 Å². The van der Waals surface area contributed by atoms with E-state index >= 15 is 0 Å². The van der Waals surface area contributed by atoms with Gasteiger partial charge in [0.15, 0.2) is 0 Å². The van der Waals surface area contributed by atoms with Crippen LogP contribution >= 0.6 is 0 Å². The number of anilines is 1. The quantitative estimate of drug-likeness (QED) is 0.832. The number of nitrogens with one attached hydrogen (secondary N) is 1. The molecular formula is C14H14N4O3. The Morgan fingerprint density at radius 2 is 2.10 bits per heavy atom. The molecule has 1 aromatic carbocycles. The van der Waals surface area contributed by atoms with Crippen molar-refractivity contribution in [2.45, 2.75) is 0 Å². The molecule has 1 N–H and O–H groups in total. The van der Waals surface area contributed by atoms with E-state index in [-0.39, 0.29) is 31.4 Å². The number of carbonyl (C=O) groups excluding carboxylic acids is 3. The molecule has 0 aromatic heterocycles. The van der Waals surface area contributed by atoms with Gasteiger partial charge in [0.2, 0.25) is 17.7 Å². The molecule has 0 atom stereocenters. The molecule has 0 aliphatic carbocycles. The van der Waals surface area contributed by atoms with Gasteiger partial charge in [0.1, 0.15) is 13.1 Å². The highest BCUT2D eigenvalue weighted by atomic mass is 16.2. The van der Waals surface area contributed by atoms with E-state index < -0.39 is 5.91 Å². The molecule has 108 valence electrons. The Balaban J connectivity index is 1.97. The van der Waals surface area contributed by atoms with Crippen LogP contribution in [0.5, 0.6) is 0 Å². The van der Waals surface area contributed by atoms with Gasteiger partial charge in [0.05, 0.1) is 18.2 Å². The van der Waals surface area contributed by atoms with Crippen molar-refractivity contribution in [3.05, 3.63) is 29.8 Å². The number of rotatable bonds is 3. The fourth-order valence-electron chi connectivity index (χ4n) is 1.95. The first kappa shape index (κ1) is 14.5. The average Bonchev–Trinajstić information content (AvgIpc) is 2.45. The SMILES string of the molecule is CN1CC(=O)N(CC(=O)Nc2cccc(C#N)c2)CC1=O. The molecule has 0 unspecified atom stereocenters. The lowest BCUT2D eigenvalue weighted by molar-refractivity contribution is -0.149. The summed E-state index contributed by atoms with van der Waals surface area (Å²) in [5.74, 6) is -0.873. The molecule has 1 saturated heterocycles. The van der Waals surface area contributed by atoms with Crippen molar-refractivity contribution in [3.63, 3.8) is 0 Å². The van der Waals surface area contributed by atoms with Gasteiger partial charge in [-0.15, -0.1) is 0 Å². The van der Waals surface area contributed by atoms with Gasteiger partial charge in [0.25, 0.3) is 0 Å². The predicted molar refractivity (Wildman–Crippen MR) is 74.0 cm³/mol. The molecular weight excluding hydrogens is 272 g/mol. The third-order valence-corrected chi connectivity index (χ3v) is 3.09. The Hall–Kier alpha value is -2.88. The van der Waals surface area contributed by atoms with Crippen LogP contribution in [-0.4, -0.2) is 54.2 Å². The lowest BCUT2D eigenvalue weighted by Gasteiger charge is -2.31. The normalized spacial score (nSPS) is 14.9. The van der Waals surface area contributed by atoms with E-state index in [1.54, 1.807) is 25.2 Å². The minimum absolute atomic E-state index is 0.0178. The zero-order valence-corrected chi connectivity index (χ0v) is 11.5. The third kappa shape index (κ3) is 3.57. The average molecular weight is 286 g/mol. The Labute approximate surface area is 121 Å². The number of nitriles is 1. The third-order valence-electron chi connectivity index (χ3n) is 3.09. The predicted octanol–water partition coefficient (Wildman–Crippen LogP) is -0.203. The maximum absolute atomic E-state index is 11.9. The van der Waals surface area contributed by atoms with Crippen LogP contribution < -0.4 is 5.32 Å². The minimum Gasteiger partial charge on any atom is -0.335 e. The summed E-state index contributed by atoms with van der Waals surface area (Å²) >= 11 is 0. The number of carbonyl (C=O) groups is 3. The Bertz CT molecular complexity index is 635. The summed E-state index contributed by atoms with van der Waals surface area (Å²) in [7, 11) is 1.55. The molecule has 0 spiro atoms. The number of likely N-dealkylation sites (N-methyl/N-ethyl adjacent to an activating group) is 1. The second-order valence-electron chi connectivity index (χ2n) is 4.74. The topological polar surface area (TPSA) is 93.5 Å². The van der Waals surface area contributed by atoms with Crippen LogP contribution in [0.25, 0.3) is 0 Å². The summed E-state index contributed by atoms with van der Waals surface area (Å²) in [5.41, 5.74) is 0.908. The summed E-state index contributed by atoms with van der Waals surface area (Å²) < 4.78 is 0. The van der Waals surface area contributed by atoms with E-state index in [0.29, 0.717) is 11.3 Å². The first-order valence-corrected chi connectivity index (χ1v) is 6.31. The van der Waals surface area contributed by atoms with Gasteiger partial charge in [-0.3, -0.25) is 14.4 Å². The Kier molecular flexibility index (Phi) is 4.18. The second-order valence-corrected chi connectivity index (χ2v) is 4.74.